The van der Waals surface area contributed by atoms with Crippen molar-refractivity contribution in [3.63, 3.8) is 0 Å². The van der Waals surface area contributed by atoms with E-state index in [1.165, 1.54) is 5.56 Å². The lowest BCUT2D eigenvalue weighted by molar-refractivity contribution is -0.131. The molecule has 4 rings (SSSR count). The average Bonchev–Trinajstić information content (AvgIpc) is 3.23. The second-order valence-electron chi connectivity index (χ2n) is 7.95. The number of fused-ring (bicyclic) bond motifs is 1. The first-order chi connectivity index (χ1) is 16.0. The molecule has 1 aromatic heterocycles. The molecule has 8 heteroatoms. The van der Waals surface area contributed by atoms with Crippen LogP contribution in [-0.4, -0.2) is 48.1 Å². The van der Waals surface area contributed by atoms with Gasteiger partial charge in [-0.05, 0) is 36.6 Å². The molecule has 1 aliphatic rings. The number of carbonyl (C=O) groups excluding carboxylic acids is 1. The number of azo groups is 1. The molecular formula is C25H28N6O2. The number of likely N-dealkylation sites (N-methyl/N-ethyl adjacent to an activating group) is 1. The van der Waals surface area contributed by atoms with Crippen LogP contribution in [0.1, 0.15) is 28.4 Å². The monoisotopic (exact) mass is 444 g/mol. The Morgan fingerprint density at radius 1 is 1.27 bits per heavy atom. The molecule has 170 valence electrons. The number of ether oxygens (including phenoxy) is 1. The molecule has 0 saturated heterocycles. The molecule has 1 aliphatic heterocycles. The summed E-state index contributed by atoms with van der Waals surface area (Å²) in [6.07, 6.45) is 6.27. The van der Waals surface area contributed by atoms with E-state index in [1.807, 2.05) is 61.1 Å². The number of rotatable bonds is 6. The van der Waals surface area contributed by atoms with Crippen molar-refractivity contribution in [1.29, 1.82) is 0 Å². The first-order valence-corrected chi connectivity index (χ1v) is 10.8. The Bertz CT molecular complexity index is 1210. The summed E-state index contributed by atoms with van der Waals surface area (Å²) in [6, 6.07) is 13.4. The minimum Gasteiger partial charge on any atom is -0.495 e. The molecule has 33 heavy (non-hydrogen) atoms. The number of carbonyl (C=O) groups is 1. The van der Waals surface area contributed by atoms with Crippen molar-refractivity contribution in [2.24, 2.45) is 10.2 Å². The Morgan fingerprint density at radius 2 is 2.09 bits per heavy atom. The van der Waals surface area contributed by atoms with Crippen LogP contribution >= 0.6 is 0 Å². The summed E-state index contributed by atoms with van der Waals surface area (Å²) in [5.41, 5.74) is 5.36. The van der Waals surface area contributed by atoms with Gasteiger partial charge >= 0.3 is 0 Å². The zero-order valence-corrected chi connectivity index (χ0v) is 19.3. The molecule has 0 fully saturated rings. The van der Waals surface area contributed by atoms with Gasteiger partial charge in [0.25, 0.3) is 0 Å². The van der Waals surface area contributed by atoms with Crippen LogP contribution in [0.2, 0.25) is 0 Å². The molecule has 1 atom stereocenters. The van der Waals surface area contributed by atoms with Crippen molar-refractivity contribution >= 4 is 11.6 Å². The molecule has 0 spiro atoms. The molecular weight excluding hydrogens is 416 g/mol. The highest BCUT2D eigenvalue weighted by molar-refractivity contribution is 5.84. The van der Waals surface area contributed by atoms with Crippen molar-refractivity contribution in [3.05, 3.63) is 83.6 Å². The van der Waals surface area contributed by atoms with Crippen molar-refractivity contribution < 1.29 is 9.53 Å². The largest absolute Gasteiger partial charge is 0.495 e. The van der Waals surface area contributed by atoms with Gasteiger partial charge in [-0.15, -0.1) is 0 Å². The fourth-order valence-corrected chi connectivity index (χ4v) is 4.00. The van der Waals surface area contributed by atoms with E-state index in [1.54, 1.807) is 31.6 Å². The lowest BCUT2D eigenvalue weighted by atomic mass is 9.99. The highest BCUT2D eigenvalue weighted by atomic mass is 16.5. The first kappa shape index (κ1) is 22.3. The summed E-state index contributed by atoms with van der Waals surface area (Å²) in [5.74, 6) is 0.699. The van der Waals surface area contributed by atoms with Gasteiger partial charge in [-0.3, -0.25) is 4.79 Å². The van der Waals surface area contributed by atoms with Crippen LogP contribution in [0.4, 0.5) is 0 Å². The highest BCUT2D eigenvalue weighted by Crippen LogP contribution is 2.29. The van der Waals surface area contributed by atoms with Gasteiger partial charge in [0, 0.05) is 38.6 Å². The first-order valence-electron chi connectivity index (χ1n) is 10.8. The van der Waals surface area contributed by atoms with Crippen molar-refractivity contribution in [2.45, 2.75) is 19.4 Å². The number of benzene rings is 2. The zero-order valence-electron chi connectivity index (χ0n) is 19.3. The van der Waals surface area contributed by atoms with E-state index < -0.39 is 6.04 Å². The van der Waals surface area contributed by atoms with E-state index in [0.29, 0.717) is 18.0 Å². The fraction of sp³-hybridized carbons (Fsp3) is 0.280. The number of imidazole rings is 1. The Kier molecular flexibility index (Phi) is 6.53. The second kappa shape index (κ2) is 9.68. The number of nitrogens with zero attached hydrogens (tertiary/aromatic N) is 5. The lowest BCUT2D eigenvalue weighted by Gasteiger charge is -2.21. The van der Waals surface area contributed by atoms with Crippen molar-refractivity contribution in [3.8, 4) is 11.4 Å². The third kappa shape index (κ3) is 4.64. The van der Waals surface area contributed by atoms with E-state index in [0.717, 1.165) is 28.9 Å². The van der Waals surface area contributed by atoms with Gasteiger partial charge in [-0.25, -0.2) is 4.98 Å². The predicted octanol–water partition coefficient (Wildman–Crippen LogP) is 3.92. The summed E-state index contributed by atoms with van der Waals surface area (Å²) in [5, 5.41) is 11.6. The number of hydrogen-bond donors (Lipinski definition) is 1. The Hall–Kier alpha value is -3.94. The maximum atomic E-state index is 13.1. The molecule has 2 heterocycles. The van der Waals surface area contributed by atoms with Crippen LogP contribution in [0.25, 0.3) is 11.4 Å². The molecule has 1 unspecified atom stereocenters. The summed E-state index contributed by atoms with van der Waals surface area (Å²) in [7, 11) is 5.08. The summed E-state index contributed by atoms with van der Waals surface area (Å²) >= 11 is 0. The molecule has 0 radical (unpaired) electrons. The third-order valence-corrected chi connectivity index (χ3v) is 5.77. The maximum Gasteiger partial charge on any atom is 0.249 e. The van der Waals surface area contributed by atoms with Gasteiger partial charge in [0.2, 0.25) is 5.91 Å². The maximum absolute atomic E-state index is 13.1. The van der Waals surface area contributed by atoms with Crippen LogP contribution in [0.3, 0.4) is 0 Å². The van der Waals surface area contributed by atoms with E-state index in [4.69, 9.17) is 4.74 Å². The number of methoxy groups -OCH3 is 1. The molecule has 0 bridgehead atoms. The van der Waals surface area contributed by atoms with Gasteiger partial charge in [0.05, 0.1) is 24.8 Å². The molecule has 1 amide bonds. The average molecular weight is 445 g/mol. The molecule has 2 aromatic carbocycles. The number of nitrogens with one attached hydrogen (secondary N) is 1. The van der Waals surface area contributed by atoms with E-state index in [-0.39, 0.29) is 5.91 Å². The molecule has 0 saturated carbocycles. The summed E-state index contributed by atoms with van der Waals surface area (Å²) < 4.78 is 7.55. The molecule has 1 N–H and O–H groups in total. The summed E-state index contributed by atoms with van der Waals surface area (Å²) in [6.45, 7) is 2.63. The Labute approximate surface area is 193 Å². The van der Waals surface area contributed by atoms with Crippen LogP contribution in [-0.2, 0) is 11.2 Å². The topological polar surface area (TPSA) is 84.1 Å². The normalized spacial score (nSPS) is 16.6. The number of hydrogen-bond acceptors (Lipinski definition) is 6. The quantitative estimate of drug-likeness (QED) is 0.584. The Morgan fingerprint density at radius 3 is 2.82 bits per heavy atom. The predicted molar refractivity (Wildman–Crippen MR) is 127 cm³/mol. The smallest absolute Gasteiger partial charge is 0.249 e. The second-order valence-corrected chi connectivity index (χ2v) is 7.95. The number of aromatic nitrogens is 2. The summed E-state index contributed by atoms with van der Waals surface area (Å²) in [4.78, 5) is 19.1. The van der Waals surface area contributed by atoms with Crippen molar-refractivity contribution in [2.75, 3.05) is 27.7 Å². The van der Waals surface area contributed by atoms with Crippen molar-refractivity contribution in [1.82, 2.24) is 19.8 Å². The van der Waals surface area contributed by atoms with Gasteiger partial charge in [0.1, 0.15) is 17.5 Å². The van der Waals surface area contributed by atoms with Crippen LogP contribution < -0.4 is 10.1 Å². The van der Waals surface area contributed by atoms with Gasteiger partial charge in [-0.1, -0.05) is 30.3 Å². The standard InChI is InChI=1S/C25H28N6O2/c1-17-15-31(16-28-17)22-10-9-19(13-23(22)33-4)21(29-26-2)14-27-24-20-8-6-5-7-18(20)11-12-30(3)25(24)32/h5-10,13-16,24,27H,11-12H2,1-4H3/b21-14-,29-26-. The van der Waals surface area contributed by atoms with Crippen LogP contribution in [0.15, 0.2) is 71.4 Å². The fourth-order valence-electron chi connectivity index (χ4n) is 4.00. The van der Waals surface area contributed by atoms with Crippen LogP contribution in [0.5, 0.6) is 5.75 Å². The van der Waals surface area contributed by atoms with E-state index >= 15 is 0 Å². The number of amides is 1. The van der Waals surface area contributed by atoms with Gasteiger partial charge < -0.3 is 19.5 Å². The Balaban J connectivity index is 1.69. The molecule has 3 aromatic rings. The molecule has 0 aliphatic carbocycles. The third-order valence-electron chi connectivity index (χ3n) is 5.77. The zero-order chi connectivity index (χ0) is 23.4. The van der Waals surface area contributed by atoms with Gasteiger partial charge in [-0.2, -0.15) is 10.2 Å². The molecule has 8 nitrogen and oxygen atoms in total. The van der Waals surface area contributed by atoms with E-state index in [9.17, 15) is 4.79 Å². The SMILES string of the molecule is C/N=N\C(=C/NC1C(=O)N(C)CCc2ccccc21)c1ccc(-n2cnc(C)c2)c(OC)c1. The highest BCUT2D eigenvalue weighted by Gasteiger charge is 2.28. The minimum absolute atomic E-state index is 0.0207. The van der Waals surface area contributed by atoms with E-state index in [2.05, 4.69) is 26.6 Å². The van der Waals surface area contributed by atoms with Crippen LogP contribution in [0, 0.1) is 6.92 Å². The lowest BCUT2D eigenvalue weighted by Crippen LogP contribution is -2.36. The van der Waals surface area contributed by atoms with Gasteiger partial charge in [0.15, 0.2) is 0 Å². The minimum atomic E-state index is -0.495. The number of aryl methyl sites for hydroxylation is 1.